The summed E-state index contributed by atoms with van der Waals surface area (Å²) in [4.78, 5) is 2.75. The molecule has 0 aliphatic rings. The van der Waals surface area contributed by atoms with Crippen molar-refractivity contribution in [2.24, 2.45) is 0 Å². The van der Waals surface area contributed by atoms with Crippen LogP contribution in [0.25, 0.3) is 0 Å². The summed E-state index contributed by atoms with van der Waals surface area (Å²) in [6, 6.07) is 8.11. The number of hydrogen-bond acceptors (Lipinski definition) is 2. The molecule has 0 spiro atoms. The quantitative estimate of drug-likeness (QED) is 0.846. The molecule has 0 heterocycles. The Bertz CT molecular complexity index is 394. The van der Waals surface area contributed by atoms with Crippen LogP contribution in [0.5, 0.6) is 0 Å². The van der Waals surface area contributed by atoms with E-state index in [1.54, 1.807) is 0 Å². The number of hydrogen-bond donors (Lipinski definition) is 1. The van der Waals surface area contributed by atoms with Gasteiger partial charge in [0.15, 0.2) is 5.11 Å². The maximum atomic E-state index is 5.33. The first-order valence-electron chi connectivity index (χ1n) is 5.75. The predicted molar refractivity (Wildman–Crippen MR) is 81.5 cm³/mol. The zero-order valence-corrected chi connectivity index (χ0v) is 12.1. The van der Waals surface area contributed by atoms with Crippen molar-refractivity contribution in [3.8, 4) is 0 Å². The molecule has 17 heavy (non-hydrogen) atoms. The summed E-state index contributed by atoms with van der Waals surface area (Å²) >= 11 is 10.6. The van der Waals surface area contributed by atoms with Gasteiger partial charge in [0.2, 0.25) is 0 Å². The largest absolute Gasteiger partial charge is 0.350 e. The second-order valence-electron chi connectivity index (χ2n) is 3.80. The Kier molecular flexibility index (Phi) is 5.51. The first kappa shape index (κ1) is 14.1. The van der Waals surface area contributed by atoms with Crippen LogP contribution in [-0.2, 0) is 0 Å². The van der Waals surface area contributed by atoms with Gasteiger partial charge in [0.1, 0.15) is 4.99 Å². The van der Waals surface area contributed by atoms with E-state index >= 15 is 0 Å². The van der Waals surface area contributed by atoms with Gasteiger partial charge in [-0.1, -0.05) is 42.0 Å². The Balaban J connectivity index is 2.66. The van der Waals surface area contributed by atoms with Gasteiger partial charge >= 0.3 is 0 Å². The van der Waals surface area contributed by atoms with Crippen molar-refractivity contribution in [2.45, 2.75) is 20.8 Å². The third-order valence-electron chi connectivity index (χ3n) is 2.58. The van der Waals surface area contributed by atoms with Crippen LogP contribution in [0, 0.1) is 6.92 Å². The van der Waals surface area contributed by atoms with Gasteiger partial charge in [0.05, 0.1) is 0 Å². The van der Waals surface area contributed by atoms with Crippen molar-refractivity contribution in [2.75, 3.05) is 13.1 Å². The van der Waals surface area contributed by atoms with Gasteiger partial charge in [-0.15, -0.1) is 0 Å². The monoisotopic (exact) mass is 266 g/mol. The lowest BCUT2D eigenvalue weighted by Crippen LogP contribution is -2.42. The lowest BCUT2D eigenvalue weighted by molar-refractivity contribution is 0.464. The number of nitrogens with zero attached hydrogens (tertiary/aromatic N) is 1. The summed E-state index contributed by atoms with van der Waals surface area (Å²) in [7, 11) is 0. The third kappa shape index (κ3) is 4.06. The maximum absolute atomic E-state index is 5.33. The molecule has 0 radical (unpaired) electrons. The van der Waals surface area contributed by atoms with Gasteiger partial charge in [-0.3, -0.25) is 0 Å². The third-order valence-corrected chi connectivity index (χ3v) is 3.28. The molecule has 0 fully saturated rings. The van der Waals surface area contributed by atoms with Crippen LogP contribution in [0.3, 0.4) is 0 Å². The van der Waals surface area contributed by atoms with Gasteiger partial charge in [-0.2, -0.15) is 0 Å². The second kappa shape index (κ2) is 6.67. The van der Waals surface area contributed by atoms with Crippen LogP contribution in [0.1, 0.15) is 25.0 Å². The molecule has 0 unspecified atom stereocenters. The molecule has 0 atom stereocenters. The number of benzene rings is 1. The number of rotatable bonds is 3. The molecular formula is C13H18N2S2. The van der Waals surface area contributed by atoms with Gasteiger partial charge in [0, 0.05) is 18.7 Å². The van der Waals surface area contributed by atoms with E-state index in [0.717, 1.165) is 18.7 Å². The highest BCUT2D eigenvalue weighted by Crippen LogP contribution is 2.04. The summed E-state index contributed by atoms with van der Waals surface area (Å²) < 4.78 is 0. The van der Waals surface area contributed by atoms with Crippen LogP contribution < -0.4 is 5.32 Å². The van der Waals surface area contributed by atoms with Gasteiger partial charge in [-0.25, -0.2) is 0 Å². The molecule has 0 aliphatic heterocycles. The summed E-state index contributed by atoms with van der Waals surface area (Å²) in [6.07, 6.45) is 0. The van der Waals surface area contributed by atoms with Crippen molar-refractivity contribution in [3.05, 3.63) is 35.4 Å². The molecule has 0 aromatic heterocycles. The summed E-state index contributed by atoms with van der Waals surface area (Å²) in [5, 5.41) is 3.80. The molecule has 0 amide bonds. The minimum Gasteiger partial charge on any atom is -0.350 e. The molecule has 92 valence electrons. The maximum Gasteiger partial charge on any atom is 0.174 e. The highest BCUT2D eigenvalue weighted by atomic mass is 32.1. The zero-order valence-electron chi connectivity index (χ0n) is 10.5. The molecule has 1 N–H and O–H groups in total. The van der Waals surface area contributed by atoms with E-state index < -0.39 is 0 Å². The van der Waals surface area contributed by atoms with Crippen LogP contribution in [0.2, 0.25) is 0 Å². The van der Waals surface area contributed by atoms with Crippen LogP contribution in [0.15, 0.2) is 24.3 Å². The van der Waals surface area contributed by atoms with Gasteiger partial charge < -0.3 is 10.2 Å². The lowest BCUT2D eigenvalue weighted by Gasteiger charge is -2.22. The predicted octanol–water partition coefficient (Wildman–Crippen LogP) is 2.89. The Morgan fingerprint density at radius 2 is 1.65 bits per heavy atom. The topological polar surface area (TPSA) is 15.3 Å². The van der Waals surface area contributed by atoms with Crippen molar-refractivity contribution in [1.29, 1.82) is 0 Å². The molecular weight excluding hydrogens is 248 g/mol. The summed E-state index contributed by atoms with van der Waals surface area (Å²) in [5.41, 5.74) is 2.22. The lowest BCUT2D eigenvalue weighted by atomic mass is 10.1. The molecule has 0 bridgehead atoms. The fraction of sp³-hybridized carbons (Fsp3) is 0.385. The Morgan fingerprint density at radius 3 is 2.12 bits per heavy atom. The first-order valence-corrected chi connectivity index (χ1v) is 6.57. The van der Waals surface area contributed by atoms with Crippen LogP contribution in [0.4, 0.5) is 0 Å². The van der Waals surface area contributed by atoms with E-state index in [0.29, 0.717) is 10.1 Å². The average Bonchev–Trinajstić information content (AvgIpc) is 2.31. The first-order chi connectivity index (χ1) is 8.08. The van der Waals surface area contributed by atoms with E-state index in [9.17, 15) is 0 Å². The standard InChI is InChI=1S/C13H18N2S2/c1-4-15(5-2)13(17)14-12(16)11-8-6-10(3)7-9-11/h6-9H,4-5H2,1-3H3,(H,14,16,17). The summed E-state index contributed by atoms with van der Waals surface area (Å²) in [5.74, 6) is 0. The SMILES string of the molecule is CCN(CC)C(=S)NC(=S)c1ccc(C)cc1. The van der Waals surface area contributed by atoms with Crippen molar-refractivity contribution in [3.63, 3.8) is 0 Å². The van der Waals surface area contributed by atoms with E-state index in [2.05, 4.69) is 31.0 Å². The van der Waals surface area contributed by atoms with Crippen LogP contribution >= 0.6 is 24.4 Å². The normalized spacial score (nSPS) is 9.82. The molecule has 0 saturated carbocycles. The molecule has 4 heteroatoms. The smallest absolute Gasteiger partial charge is 0.174 e. The van der Waals surface area contributed by atoms with Gasteiger partial charge in [0.25, 0.3) is 0 Å². The minimum atomic E-state index is 0.682. The Labute approximate surface area is 114 Å². The zero-order chi connectivity index (χ0) is 12.8. The molecule has 2 nitrogen and oxygen atoms in total. The molecule has 1 aromatic carbocycles. The van der Waals surface area contributed by atoms with Crippen LogP contribution in [-0.4, -0.2) is 28.1 Å². The summed E-state index contributed by atoms with van der Waals surface area (Å²) in [6.45, 7) is 7.98. The Hall–Kier alpha value is -1.00. The molecule has 1 aromatic rings. The van der Waals surface area contributed by atoms with Crippen molar-refractivity contribution >= 4 is 34.5 Å². The fourth-order valence-electron chi connectivity index (χ4n) is 1.46. The highest BCUT2D eigenvalue weighted by Gasteiger charge is 2.07. The number of nitrogens with one attached hydrogen (secondary N) is 1. The Morgan fingerprint density at radius 1 is 1.12 bits per heavy atom. The van der Waals surface area contributed by atoms with E-state index in [1.165, 1.54) is 5.56 Å². The van der Waals surface area contributed by atoms with E-state index in [1.807, 2.05) is 24.3 Å². The van der Waals surface area contributed by atoms with E-state index in [4.69, 9.17) is 24.4 Å². The van der Waals surface area contributed by atoms with E-state index in [-0.39, 0.29) is 0 Å². The average molecular weight is 266 g/mol. The molecule has 0 saturated heterocycles. The minimum absolute atomic E-state index is 0.682. The van der Waals surface area contributed by atoms with Crippen molar-refractivity contribution < 1.29 is 0 Å². The molecule has 0 aliphatic carbocycles. The fourth-order valence-corrected chi connectivity index (χ4v) is 2.12. The van der Waals surface area contributed by atoms with Gasteiger partial charge in [-0.05, 0) is 33.0 Å². The highest BCUT2D eigenvalue weighted by molar-refractivity contribution is 7.82. The van der Waals surface area contributed by atoms with Crippen molar-refractivity contribution in [1.82, 2.24) is 10.2 Å². The number of aryl methyl sites for hydroxylation is 1. The molecule has 1 rings (SSSR count). The second-order valence-corrected chi connectivity index (χ2v) is 4.59. The number of thiocarbonyl (C=S) groups is 2.